The Morgan fingerprint density at radius 1 is 1.22 bits per heavy atom. The zero-order chi connectivity index (χ0) is 23.1. The molecule has 176 valence electrons. The molecule has 32 heavy (non-hydrogen) atoms. The van der Waals surface area contributed by atoms with E-state index in [4.69, 9.17) is 16.3 Å². The highest BCUT2D eigenvalue weighted by Gasteiger charge is 2.40. The van der Waals surface area contributed by atoms with Crippen LogP contribution >= 0.6 is 11.6 Å². The van der Waals surface area contributed by atoms with Crippen molar-refractivity contribution in [3.05, 3.63) is 34.2 Å². The van der Waals surface area contributed by atoms with Crippen LogP contribution in [0.3, 0.4) is 0 Å². The summed E-state index contributed by atoms with van der Waals surface area (Å²) in [6.07, 6.45) is -2.65. The Balaban J connectivity index is 1.64. The van der Waals surface area contributed by atoms with E-state index in [1.54, 1.807) is 0 Å². The van der Waals surface area contributed by atoms with Crippen LogP contribution < -0.4 is 5.32 Å². The molecule has 2 fully saturated rings. The van der Waals surface area contributed by atoms with Crippen LogP contribution in [-0.4, -0.2) is 40.5 Å². The number of hydrogen-bond acceptors (Lipinski definition) is 3. The maximum Gasteiger partial charge on any atom is 0.435 e. The molecule has 4 rings (SSSR count). The summed E-state index contributed by atoms with van der Waals surface area (Å²) in [5, 5.41) is 2.82. The van der Waals surface area contributed by atoms with Crippen molar-refractivity contribution in [2.75, 3.05) is 13.2 Å². The van der Waals surface area contributed by atoms with E-state index in [0.717, 1.165) is 0 Å². The summed E-state index contributed by atoms with van der Waals surface area (Å²) >= 11 is 6.28. The van der Waals surface area contributed by atoms with Crippen molar-refractivity contribution >= 4 is 23.2 Å². The Hall–Kier alpha value is -1.94. The number of halogens is 6. The van der Waals surface area contributed by atoms with Crippen molar-refractivity contribution < 1.29 is 31.5 Å². The molecule has 1 amide bonds. The molecule has 2 aromatic rings. The minimum atomic E-state index is -4.73. The third-order valence-corrected chi connectivity index (χ3v) is 6.50. The fourth-order valence-electron chi connectivity index (χ4n) is 4.39. The summed E-state index contributed by atoms with van der Waals surface area (Å²) in [5.41, 5.74) is -1.22. The third-order valence-electron chi connectivity index (χ3n) is 6.20. The summed E-state index contributed by atoms with van der Waals surface area (Å²) in [6, 6.07) is 1.14. The molecule has 11 heteroatoms. The van der Waals surface area contributed by atoms with Crippen molar-refractivity contribution in [1.82, 2.24) is 14.7 Å². The number of nitrogens with one attached hydrogen (secondary N) is 1. The average Bonchev–Trinajstić information content (AvgIpc) is 3.07. The molecule has 5 nitrogen and oxygen atoms in total. The van der Waals surface area contributed by atoms with Crippen LogP contribution in [0.15, 0.2) is 12.3 Å². The molecule has 2 aromatic heterocycles. The highest BCUT2D eigenvalue weighted by atomic mass is 35.5. The SMILES string of the molecule is O=C(NC1CCOCC1)c1cc2nc(C(F)(F)F)c(CC3CCC(F)(F)CC3)n2cc1Cl. The molecule has 0 spiro atoms. The predicted molar refractivity (Wildman–Crippen MR) is 107 cm³/mol. The first-order valence-electron chi connectivity index (χ1n) is 10.6. The van der Waals surface area contributed by atoms with Gasteiger partial charge in [0, 0.05) is 38.3 Å². The number of carbonyl (C=O) groups is 1. The van der Waals surface area contributed by atoms with Crippen LogP contribution in [0.5, 0.6) is 0 Å². The highest BCUT2D eigenvalue weighted by Crippen LogP contribution is 2.40. The van der Waals surface area contributed by atoms with Gasteiger partial charge in [0.1, 0.15) is 5.65 Å². The molecular weight excluding hydrogens is 457 g/mol. The lowest BCUT2D eigenvalue weighted by atomic mass is 9.83. The Morgan fingerprint density at radius 3 is 2.50 bits per heavy atom. The Bertz CT molecular complexity index is 991. The summed E-state index contributed by atoms with van der Waals surface area (Å²) in [5.74, 6) is -3.57. The molecule has 1 saturated carbocycles. The Labute approximate surface area is 186 Å². The predicted octanol–water partition coefficient (Wildman–Crippen LogP) is 5.28. The van der Waals surface area contributed by atoms with Gasteiger partial charge in [0.15, 0.2) is 5.69 Å². The van der Waals surface area contributed by atoms with Gasteiger partial charge in [-0.25, -0.2) is 13.8 Å². The van der Waals surface area contributed by atoms with Crippen LogP contribution in [0.4, 0.5) is 22.0 Å². The van der Waals surface area contributed by atoms with E-state index >= 15 is 0 Å². The monoisotopic (exact) mass is 479 g/mol. The van der Waals surface area contributed by atoms with Gasteiger partial charge in [-0.3, -0.25) is 4.79 Å². The molecule has 0 radical (unpaired) electrons. The van der Waals surface area contributed by atoms with E-state index in [0.29, 0.717) is 26.1 Å². The summed E-state index contributed by atoms with van der Waals surface area (Å²) in [6.45, 7) is 1.03. The van der Waals surface area contributed by atoms with Crippen LogP contribution in [-0.2, 0) is 17.3 Å². The van der Waals surface area contributed by atoms with Crippen LogP contribution in [0.1, 0.15) is 60.3 Å². The Morgan fingerprint density at radius 2 is 1.88 bits per heavy atom. The molecule has 0 bridgehead atoms. The number of hydrogen-bond donors (Lipinski definition) is 1. The second-order valence-electron chi connectivity index (χ2n) is 8.53. The minimum Gasteiger partial charge on any atom is -0.381 e. The number of amides is 1. The van der Waals surface area contributed by atoms with Crippen molar-refractivity contribution in [2.45, 2.75) is 63.1 Å². The van der Waals surface area contributed by atoms with Crippen LogP contribution in [0, 0.1) is 5.92 Å². The quantitative estimate of drug-likeness (QED) is 0.607. The summed E-state index contributed by atoms with van der Waals surface area (Å²) in [7, 11) is 0. The van der Waals surface area contributed by atoms with E-state index in [-0.39, 0.29) is 66.0 Å². The van der Waals surface area contributed by atoms with Gasteiger partial charge in [0.2, 0.25) is 5.92 Å². The molecular formula is C21H23ClF5N3O2. The lowest BCUT2D eigenvalue weighted by molar-refractivity contribution is -0.141. The molecule has 1 aliphatic carbocycles. The second-order valence-corrected chi connectivity index (χ2v) is 8.94. The Kier molecular flexibility index (Phi) is 6.37. The number of aromatic nitrogens is 2. The number of imidazole rings is 1. The number of carbonyl (C=O) groups excluding carboxylic acids is 1. The molecule has 3 heterocycles. The fraction of sp³-hybridized carbons (Fsp3) is 0.619. The normalized spacial score (nSPS) is 20.6. The number of ether oxygens (including phenoxy) is 1. The van der Waals surface area contributed by atoms with E-state index in [9.17, 15) is 26.7 Å². The topological polar surface area (TPSA) is 55.6 Å². The van der Waals surface area contributed by atoms with Crippen molar-refractivity contribution in [3.8, 4) is 0 Å². The maximum atomic E-state index is 13.7. The second kappa shape index (κ2) is 8.78. The van der Waals surface area contributed by atoms with Crippen molar-refractivity contribution in [1.29, 1.82) is 0 Å². The van der Waals surface area contributed by atoms with Gasteiger partial charge in [-0.05, 0) is 44.1 Å². The van der Waals surface area contributed by atoms with Crippen LogP contribution in [0.25, 0.3) is 5.65 Å². The standard InChI is InChI=1S/C21H23ClF5N3O2/c22-15-11-30-16(9-12-1-5-20(23,24)6-2-12)18(21(25,26)27)29-17(30)10-14(15)19(31)28-13-3-7-32-8-4-13/h10-13H,1-9H2,(H,28,31). The van der Waals surface area contributed by atoms with E-state index in [2.05, 4.69) is 10.3 Å². The summed E-state index contributed by atoms with van der Waals surface area (Å²) in [4.78, 5) is 16.4. The first-order valence-corrected chi connectivity index (χ1v) is 11.0. The number of fused-ring (bicyclic) bond motifs is 1. The summed E-state index contributed by atoms with van der Waals surface area (Å²) < 4.78 is 74.5. The first-order chi connectivity index (χ1) is 15.0. The third kappa shape index (κ3) is 5.01. The lowest BCUT2D eigenvalue weighted by Crippen LogP contribution is -2.39. The van der Waals surface area contributed by atoms with Crippen molar-refractivity contribution in [2.24, 2.45) is 5.92 Å². The van der Waals surface area contributed by atoms with Crippen LogP contribution in [0.2, 0.25) is 5.02 Å². The molecule has 1 saturated heterocycles. The number of alkyl halides is 5. The van der Waals surface area contributed by atoms with Gasteiger partial charge in [-0.1, -0.05) is 11.6 Å². The molecule has 0 unspecified atom stereocenters. The maximum absolute atomic E-state index is 13.7. The van der Waals surface area contributed by atoms with Gasteiger partial charge >= 0.3 is 6.18 Å². The van der Waals surface area contributed by atoms with Gasteiger partial charge in [-0.15, -0.1) is 0 Å². The first kappa shape index (κ1) is 23.2. The van der Waals surface area contributed by atoms with Crippen molar-refractivity contribution in [3.63, 3.8) is 0 Å². The largest absolute Gasteiger partial charge is 0.435 e. The van der Waals surface area contributed by atoms with E-state index < -0.39 is 23.7 Å². The van der Waals surface area contributed by atoms with E-state index in [1.807, 2.05) is 0 Å². The minimum absolute atomic E-state index is 0.00962. The smallest absolute Gasteiger partial charge is 0.381 e. The van der Waals surface area contributed by atoms with Gasteiger partial charge in [0.25, 0.3) is 5.91 Å². The van der Waals surface area contributed by atoms with E-state index in [1.165, 1.54) is 16.7 Å². The molecule has 1 N–H and O–H groups in total. The number of pyridine rings is 1. The lowest BCUT2D eigenvalue weighted by Gasteiger charge is -2.28. The zero-order valence-corrected chi connectivity index (χ0v) is 17.9. The van der Waals surface area contributed by atoms with Gasteiger partial charge in [-0.2, -0.15) is 13.2 Å². The molecule has 2 aliphatic rings. The molecule has 0 atom stereocenters. The fourth-order valence-corrected chi connectivity index (χ4v) is 4.63. The van der Waals surface area contributed by atoms with Gasteiger partial charge in [0.05, 0.1) is 16.3 Å². The number of rotatable bonds is 4. The number of nitrogens with zero attached hydrogens (tertiary/aromatic N) is 2. The zero-order valence-electron chi connectivity index (χ0n) is 17.2. The highest BCUT2D eigenvalue weighted by molar-refractivity contribution is 6.33. The van der Waals surface area contributed by atoms with Gasteiger partial charge < -0.3 is 14.5 Å². The molecule has 1 aliphatic heterocycles. The molecule has 0 aromatic carbocycles. The average molecular weight is 480 g/mol.